The summed E-state index contributed by atoms with van der Waals surface area (Å²) >= 11 is 0. The van der Waals surface area contributed by atoms with E-state index >= 15 is 0 Å². The van der Waals surface area contributed by atoms with Crippen molar-refractivity contribution in [3.63, 3.8) is 0 Å². The highest BCUT2D eigenvalue weighted by molar-refractivity contribution is 5.28. The fourth-order valence-corrected chi connectivity index (χ4v) is 2.92. The molecular formula is C15H27N3O2. The normalized spacial score (nSPS) is 20.2. The van der Waals surface area contributed by atoms with Gasteiger partial charge in [-0.25, -0.2) is 0 Å². The number of ether oxygens (including phenoxy) is 2. The second kappa shape index (κ2) is 7.64. The maximum atomic E-state index is 5.51. The third kappa shape index (κ3) is 3.52. The Bertz CT molecular complexity index is 400. The van der Waals surface area contributed by atoms with Crippen LogP contribution in [0, 0.1) is 5.92 Å². The Morgan fingerprint density at radius 3 is 3.00 bits per heavy atom. The third-order valence-electron chi connectivity index (χ3n) is 3.87. The Morgan fingerprint density at radius 2 is 2.40 bits per heavy atom. The van der Waals surface area contributed by atoms with E-state index in [0.29, 0.717) is 5.92 Å². The molecule has 0 aliphatic carbocycles. The van der Waals surface area contributed by atoms with Gasteiger partial charge in [-0.3, -0.25) is 4.68 Å². The van der Waals surface area contributed by atoms with E-state index in [4.69, 9.17) is 9.47 Å². The highest BCUT2D eigenvalue weighted by Crippen LogP contribution is 2.32. The summed E-state index contributed by atoms with van der Waals surface area (Å²) in [5.41, 5.74) is 1.18. The van der Waals surface area contributed by atoms with E-state index in [0.717, 1.165) is 51.3 Å². The number of hydrogen-bond acceptors (Lipinski definition) is 4. The Hall–Kier alpha value is -1.07. The first-order chi connectivity index (χ1) is 9.80. The lowest BCUT2D eigenvalue weighted by Crippen LogP contribution is -2.27. The largest absolute Gasteiger partial charge is 0.493 e. The number of nitrogens with zero attached hydrogens (tertiary/aromatic N) is 2. The standard InChI is InChI=1S/C15H27N3O2/c1-4-7-18-15(14(19-3)10-17-18)13(16-5-2)9-12-6-8-20-11-12/h10,12-13,16H,4-9,11H2,1-3H3. The van der Waals surface area contributed by atoms with Gasteiger partial charge in [0.15, 0.2) is 5.75 Å². The summed E-state index contributed by atoms with van der Waals surface area (Å²) in [6, 6.07) is 0.288. The molecule has 114 valence electrons. The molecule has 1 fully saturated rings. The zero-order chi connectivity index (χ0) is 14.4. The van der Waals surface area contributed by atoms with Crippen LogP contribution in [-0.2, 0) is 11.3 Å². The molecule has 2 unspecified atom stereocenters. The van der Waals surface area contributed by atoms with E-state index in [1.807, 2.05) is 6.20 Å². The summed E-state index contributed by atoms with van der Waals surface area (Å²) in [5, 5.41) is 8.06. The van der Waals surface area contributed by atoms with Crippen molar-refractivity contribution in [3.05, 3.63) is 11.9 Å². The molecule has 1 aromatic rings. The molecule has 0 aromatic carbocycles. The van der Waals surface area contributed by atoms with E-state index in [1.165, 1.54) is 5.69 Å². The lowest BCUT2D eigenvalue weighted by molar-refractivity contribution is 0.181. The first kappa shape index (κ1) is 15.3. The highest BCUT2D eigenvalue weighted by atomic mass is 16.5. The van der Waals surface area contributed by atoms with E-state index < -0.39 is 0 Å². The monoisotopic (exact) mass is 281 g/mol. The van der Waals surface area contributed by atoms with Crippen LogP contribution in [0.25, 0.3) is 0 Å². The number of nitrogens with one attached hydrogen (secondary N) is 1. The van der Waals surface area contributed by atoms with E-state index in [2.05, 4.69) is 28.9 Å². The molecule has 0 bridgehead atoms. The average molecular weight is 281 g/mol. The fraction of sp³-hybridized carbons (Fsp3) is 0.800. The van der Waals surface area contributed by atoms with Crippen molar-refractivity contribution in [3.8, 4) is 5.75 Å². The van der Waals surface area contributed by atoms with Crippen LogP contribution in [0.3, 0.4) is 0 Å². The van der Waals surface area contributed by atoms with Crippen LogP contribution in [0.4, 0.5) is 0 Å². The number of aromatic nitrogens is 2. The molecule has 2 heterocycles. The summed E-state index contributed by atoms with van der Waals surface area (Å²) in [7, 11) is 1.72. The van der Waals surface area contributed by atoms with Crippen LogP contribution in [0.5, 0.6) is 5.75 Å². The Balaban J connectivity index is 2.19. The van der Waals surface area contributed by atoms with Gasteiger partial charge in [0.25, 0.3) is 0 Å². The van der Waals surface area contributed by atoms with Crippen LogP contribution in [-0.4, -0.2) is 36.6 Å². The zero-order valence-corrected chi connectivity index (χ0v) is 12.9. The van der Waals surface area contributed by atoms with Crippen molar-refractivity contribution in [2.75, 3.05) is 26.9 Å². The quantitative estimate of drug-likeness (QED) is 0.795. The average Bonchev–Trinajstić information content (AvgIpc) is 3.08. The third-order valence-corrected chi connectivity index (χ3v) is 3.87. The molecule has 1 aromatic heterocycles. The molecule has 1 N–H and O–H groups in total. The van der Waals surface area contributed by atoms with Gasteiger partial charge in [-0.2, -0.15) is 5.10 Å². The summed E-state index contributed by atoms with van der Waals surface area (Å²) in [6.07, 6.45) is 5.15. The van der Waals surface area contributed by atoms with Gasteiger partial charge in [0, 0.05) is 19.8 Å². The Labute approximate surface area is 121 Å². The van der Waals surface area contributed by atoms with Gasteiger partial charge >= 0.3 is 0 Å². The van der Waals surface area contributed by atoms with Crippen LogP contribution in [0.2, 0.25) is 0 Å². The van der Waals surface area contributed by atoms with E-state index in [-0.39, 0.29) is 6.04 Å². The molecular weight excluding hydrogens is 254 g/mol. The zero-order valence-electron chi connectivity index (χ0n) is 12.9. The van der Waals surface area contributed by atoms with Crippen molar-refractivity contribution in [1.82, 2.24) is 15.1 Å². The Morgan fingerprint density at radius 1 is 1.55 bits per heavy atom. The molecule has 0 amide bonds. The minimum atomic E-state index is 0.288. The molecule has 20 heavy (non-hydrogen) atoms. The lowest BCUT2D eigenvalue weighted by Gasteiger charge is -2.23. The molecule has 2 rings (SSSR count). The van der Waals surface area contributed by atoms with Crippen molar-refractivity contribution < 1.29 is 9.47 Å². The van der Waals surface area contributed by atoms with Crippen LogP contribution in [0.1, 0.15) is 44.8 Å². The number of aryl methyl sites for hydroxylation is 1. The summed E-state index contributed by atoms with van der Waals surface area (Å²) in [6.45, 7) is 7.97. The van der Waals surface area contributed by atoms with Gasteiger partial charge < -0.3 is 14.8 Å². The molecule has 5 nitrogen and oxygen atoms in total. The molecule has 1 aliphatic rings. The number of methoxy groups -OCH3 is 1. The highest BCUT2D eigenvalue weighted by Gasteiger charge is 2.26. The SMILES string of the molecule is CCCn1ncc(OC)c1C(CC1CCOC1)NCC. The molecule has 1 aliphatic heterocycles. The van der Waals surface area contributed by atoms with Crippen molar-refractivity contribution in [1.29, 1.82) is 0 Å². The van der Waals surface area contributed by atoms with Crippen molar-refractivity contribution in [2.24, 2.45) is 5.92 Å². The topological polar surface area (TPSA) is 48.3 Å². The molecule has 0 spiro atoms. The molecule has 0 radical (unpaired) electrons. The lowest BCUT2D eigenvalue weighted by atomic mass is 9.96. The first-order valence-corrected chi connectivity index (χ1v) is 7.70. The van der Waals surface area contributed by atoms with Crippen LogP contribution >= 0.6 is 0 Å². The van der Waals surface area contributed by atoms with Crippen LogP contribution < -0.4 is 10.1 Å². The van der Waals surface area contributed by atoms with E-state index in [9.17, 15) is 0 Å². The van der Waals surface area contributed by atoms with E-state index in [1.54, 1.807) is 7.11 Å². The van der Waals surface area contributed by atoms with Crippen molar-refractivity contribution >= 4 is 0 Å². The van der Waals surface area contributed by atoms with Crippen LogP contribution in [0.15, 0.2) is 6.20 Å². The summed E-state index contributed by atoms with van der Waals surface area (Å²) < 4.78 is 13.1. The second-order valence-corrected chi connectivity index (χ2v) is 5.40. The number of hydrogen-bond donors (Lipinski definition) is 1. The maximum Gasteiger partial charge on any atom is 0.161 e. The Kier molecular flexibility index (Phi) is 5.86. The minimum Gasteiger partial charge on any atom is -0.493 e. The number of rotatable bonds is 8. The van der Waals surface area contributed by atoms with Gasteiger partial charge in [0.2, 0.25) is 0 Å². The fourth-order valence-electron chi connectivity index (χ4n) is 2.92. The predicted molar refractivity (Wildman–Crippen MR) is 79.0 cm³/mol. The minimum absolute atomic E-state index is 0.288. The molecule has 5 heteroatoms. The van der Waals surface area contributed by atoms with Gasteiger partial charge in [-0.15, -0.1) is 0 Å². The van der Waals surface area contributed by atoms with Gasteiger partial charge in [0.1, 0.15) is 0 Å². The summed E-state index contributed by atoms with van der Waals surface area (Å²) in [4.78, 5) is 0. The van der Waals surface area contributed by atoms with Gasteiger partial charge in [-0.05, 0) is 31.7 Å². The van der Waals surface area contributed by atoms with Crippen molar-refractivity contribution in [2.45, 2.75) is 45.7 Å². The first-order valence-electron chi connectivity index (χ1n) is 7.70. The summed E-state index contributed by atoms with van der Waals surface area (Å²) in [5.74, 6) is 1.53. The van der Waals surface area contributed by atoms with Gasteiger partial charge in [0.05, 0.1) is 25.0 Å². The maximum absolute atomic E-state index is 5.51. The molecule has 1 saturated heterocycles. The molecule has 0 saturated carbocycles. The molecule has 2 atom stereocenters. The van der Waals surface area contributed by atoms with Gasteiger partial charge in [-0.1, -0.05) is 13.8 Å². The smallest absolute Gasteiger partial charge is 0.161 e. The predicted octanol–water partition coefficient (Wildman–Crippen LogP) is 2.38. The second-order valence-electron chi connectivity index (χ2n) is 5.40.